The zero-order chi connectivity index (χ0) is 22.6. The lowest BCUT2D eigenvalue weighted by molar-refractivity contribution is -0.124. The smallest absolute Gasteiger partial charge is 0.233 e. The number of para-hydroxylation sites is 2. The fourth-order valence-electron chi connectivity index (χ4n) is 5.93. The standard InChI is InChI=1S/C27H29N3O2S/c1-27-21-17-30(23-11-5-3-9-19(21)23)13-7-15-33-14-6-12-29-16-20(18-8-2-4-10-22(18)29)24(27)25(31)28-26(27)32/h2-5,8-11,16-17,24-25,31H,6-7,12-15H2,1H3,(H,28,32)/t24?,25-,27?/m0/s1. The van der Waals surface area contributed by atoms with Crippen molar-refractivity contribution < 1.29 is 9.90 Å². The molecule has 0 spiro atoms. The number of carbonyl (C=O) groups is 1. The average molecular weight is 460 g/mol. The molecule has 1 fully saturated rings. The second-order valence-electron chi connectivity index (χ2n) is 9.47. The van der Waals surface area contributed by atoms with Crippen molar-refractivity contribution in [1.29, 1.82) is 0 Å². The Bertz CT molecular complexity index is 1360. The second kappa shape index (κ2) is 7.96. The average Bonchev–Trinajstić information content (AvgIpc) is 3.43. The van der Waals surface area contributed by atoms with Gasteiger partial charge in [0.2, 0.25) is 5.91 Å². The molecule has 2 aliphatic heterocycles. The third-order valence-corrected chi connectivity index (χ3v) is 8.72. The first kappa shape index (κ1) is 20.9. The van der Waals surface area contributed by atoms with Gasteiger partial charge in [-0.05, 0) is 54.5 Å². The van der Waals surface area contributed by atoms with Crippen LogP contribution in [0.15, 0.2) is 60.9 Å². The molecule has 2 unspecified atom stereocenters. The summed E-state index contributed by atoms with van der Waals surface area (Å²) in [6.45, 7) is 3.87. The number of aromatic nitrogens is 2. The van der Waals surface area contributed by atoms with E-state index >= 15 is 0 Å². The molecule has 1 amide bonds. The van der Waals surface area contributed by atoms with Crippen LogP contribution in [0.4, 0.5) is 0 Å². The maximum Gasteiger partial charge on any atom is 0.233 e. The van der Waals surface area contributed by atoms with E-state index in [0.717, 1.165) is 64.9 Å². The van der Waals surface area contributed by atoms with E-state index in [1.165, 1.54) is 5.52 Å². The van der Waals surface area contributed by atoms with Crippen LogP contribution in [0.2, 0.25) is 0 Å². The molecule has 6 rings (SSSR count). The van der Waals surface area contributed by atoms with Crippen LogP contribution in [-0.2, 0) is 23.3 Å². The van der Waals surface area contributed by atoms with Gasteiger partial charge in [0, 0.05) is 53.2 Å². The lowest BCUT2D eigenvalue weighted by atomic mass is 9.70. The van der Waals surface area contributed by atoms with Crippen molar-refractivity contribution in [2.24, 2.45) is 0 Å². The highest BCUT2D eigenvalue weighted by atomic mass is 32.2. The molecule has 2 aromatic heterocycles. The molecule has 4 aromatic rings. The first-order valence-corrected chi connectivity index (χ1v) is 13.0. The van der Waals surface area contributed by atoms with Gasteiger partial charge < -0.3 is 19.6 Å². The first-order chi connectivity index (χ1) is 16.1. The van der Waals surface area contributed by atoms with Crippen LogP contribution in [0, 0.1) is 0 Å². The summed E-state index contributed by atoms with van der Waals surface area (Å²) in [5.74, 6) is 1.76. The molecule has 6 heteroatoms. The maximum atomic E-state index is 13.5. The number of rotatable bonds is 0. The molecule has 5 nitrogen and oxygen atoms in total. The molecule has 0 radical (unpaired) electrons. The molecule has 1 saturated heterocycles. The third kappa shape index (κ3) is 3.15. The number of aryl methyl sites for hydroxylation is 2. The van der Waals surface area contributed by atoms with E-state index in [9.17, 15) is 9.90 Å². The largest absolute Gasteiger partial charge is 0.373 e. The van der Waals surface area contributed by atoms with Gasteiger partial charge in [0.15, 0.2) is 0 Å². The Balaban J connectivity index is 1.63. The summed E-state index contributed by atoms with van der Waals surface area (Å²) in [6.07, 6.45) is 5.60. The number of aliphatic hydroxyl groups is 1. The molecule has 2 N–H and O–H groups in total. The van der Waals surface area contributed by atoms with Crippen LogP contribution in [0.5, 0.6) is 0 Å². The van der Waals surface area contributed by atoms with Crippen molar-refractivity contribution in [3.8, 4) is 0 Å². The van der Waals surface area contributed by atoms with Gasteiger partial charge in [-0.3, -0.25) is 4.79 Å². The predicted octanol–water partition coefficient (Wildman–Crippen LogP) is 4.61. The molecular formula is C27H29N3O2S. The van der Waals surface area contributed by atoms with Crippen LogP contribution in [0.3, 0.4) is 0 Å². The number of carbonyl (C=O) groups excluding carboxylic acids is 1. The van der Waals surface area contributed by atoms with Crippen molar-refractivity contribution in [3.05, 3.63) is 72.1 Å². The molecule has 4 bridgehead atoms. The van der Waals surface area contributed by atoms with Gasteiger partial charge in [-0.1, -0.05) is 36.4 Å². The van der Waals surface area contributed by atoms with E-state index in [1.807, 2.05) is 30.8 Å². The predicted molar refractivity (Wildman–Crippen MR) is 135 cm³/mol. The molecule has 4 heterocycles. The monoisotopic (exact) mass is 459 g/mol. The number of hydrogen-bond acceptors (Lipinski definition) is 3. The molecule has 170 valence electrons. The summed E-state index contributed by atoms with van der Waals surface area (Å²) >= 11 is 2.02. The zero-order valence-corrected chi connectivity index (χ0v) is 19.6. The van der Waals surface area contributed by atoms with Gasteiger partial charge in [-0.15, -0.1) is 0 Å². The summed E-state index contributed by atoms with van der Waals surface area (Å²) in [4.78, 5) is 13.5. The van der Waals surface area contributed by atoms with Gasteiger partial charge in [0.1, 0.15) is 6.23 Å². The number of benzene rings is 2. The van der Waals surface area contributed by atoms with Crippen molar-refractivity contribution in [3.63, 3.8) is 0 Å². The van der Waals surface area contributed by atoms with Crippen molar-refractivity contribution >= 4 is 39.5 Å². The zero-order valence-electron chi connectivity index (χ0n) is 18.8. The second-order valence-corrected chi connectivity index (χ2v) is 10.7. The number of aliphatic hydroxyl groups excluding tert-OH is 1. The van der Waals surface area contributed by atoms with Gasteiger partial charge in [0.25, 0.3) is 0 Å². The summed E-state index contributed by atoms with van der Waals surface area (Å²) in [5.41, 5.74) is 3.48. The normalized spacial score (nSPS) is 26.1. The van der Waals surface area contributed by atoms with Gasteiger partial charge in [0.05, 0.1) is 5.41 Å². The van der Waals surface area contributed by atoms with E-state index in [0.29, 0.717) is 0 Å². The van der Waals surface area contributed by atoms with Gasteiger partial charge in [-0.2, -0.15) is 11.8 Å². The molecule has 2 aliphatic rings. The van der Waals surface area contributed by atoms with E-state index in [4.69, 9.17) is 0 Å². The molecule has 0 aliphatic carbocycles. The maximum absolute atomic E-state index is 13.5. The van der Waals surface area contributed by atoms with Crippen molar-refractivity contribution in [2.75, 3.05) is 11.5 Å². The molecule has 2 aromatic carbocycles. The van der Waals surface area contributed by atoms with Gasteiger partial charge >= 0.3 is 0 Å². The molecule has 33 heavy (non-hydrogen) atoms. The lowest BCUT2D eigenvalue weighted by Gasteiger charge is -2.29. The van der Waals surface area contributed by atoms with Crippen LogP contribution in [0.25, 0.3) is 21.8 Å². The highest BCUT2D eigenvalue weighted by Gasteiger charge is 2.55. The topological polar surface area (TPSA) is 59.2 Å². The highest BCUT2D eigenvalue weighted by Crippen LogP contribution is 2.49. The number of hydrogen-bond donors (Lipinski definition) is 2. The van der Waals surface area contributed by atoms with Crippen LogP contribution in [0.1, 0.15) is 36.8 Å². The van der Waals surface area contributed by atoms with Crippen molar-refractivity contribution in [2.45, 2.75) is 50.4 Å². The Morgan fingerprint density at radius 2 is 1.55 bits per heavy atom. The summed E-state index contributed by atoms with van der Waals surface area (Å²) in [7, 11) is 0. The minimum atomic E-state index is -0.935. The van der Waals surface area contributed by atoms with Gasteiger partial charge in [-0.25, -0.2) is 0 Å². The highest BCUT2D eigenvalue weighted by molar-refractivity contribution is 7.99. The number of fused-ring (bicyclic) bond motifs is 13. The summed E-state index contributed by atoms with van der Waals surface area (Å²) < 4.78 is 4.61. The minimum absolute atomic E-state index is 0.111. The van der Waals surface area contributed by atoms with E-state index in [-0.39, 0.29) is 11.8 Å². The fraction of sp³-hybridized carbons (Fsp3) is 0.370. The van der Waals surface area contributed by atoms with E-state index < -0.39 is 11.6 Å². The molecule has 0 saturated carbocycles. The molecule has 3 atom stereocenters. The van der Waals surface area contributed by atoms with Crippen LogP contribution in [-0.4, -0.2) is 37.9 Å². The number of amides is 1. The molecular weight excluding hydrogens is 430 g/mol. The minimum Gasteiger partial charge on any atom is -0.373 e. The van der Waals surface area contributed by atoms with Crippen molar-refractivity contribution in [1.82, 2.24) is 14.5 Å². The van der Waals surface area contributed by atoms with Crippen LogP contribution < -0.4 is 5.32 Å². The number of nitrogens with one attached hydrogen (secondary N) is 1. The summed E-state index contributed by atoms with van der Waals surface area (Å²) in [6, 6.07) is 16.7. The summed E-state index contributed by atoms with van der Waals surface area (Å²) in [5, 5.41) is 16.3. The third-order valence-electron chi connectivity index (χ3n) is 7.57. The quantitative estimate of drug-likeness (QED) is 0.404. The Kier molecular flexibility index (Phi) is 5.03. The number of nitrogens with zero attached hydrogens (tertiary/aromatic N) is 2. The first-order valence-electron chi connectivity index (χ1n) is 11.8. The fourth-order valence-corrected chi connectivity index (χ4v) is 6.80. The Morgan fingerprint density at radius 1 is 0.939 bits per heavy atom. The van der Waals surface area contributed by atoms with E-state index in [1.54, 1.807) is 0 Å². The van der Waals surface area contributed by atoms with Crippen LogP contribution >= 0.6 is 11.8 Å². The van der Waals surface area contributed by atoms with E-state index in [2.05, 4.69) is 63.2 Å². The number of thioether (sulfide) groups is 1. The lowest BCUT2D eigenvalue weighted by Crippen LogP contribution is -2.35. The Hall–Kier alpha value is -2.70. The SMILES string of the molecule is CC12C(=O)N[C@@H](O)C1c1cn(c3ccccc13)CCCSCCCn1cc2c2ccccc21. The Labute approximate surface area is 197 Å². The Morgan fingerprint density at radius 3 is 2.27 bits per heavy atom.